The second kappa shape index (κ2) is 2.89. The summed E-state index contributed by atoms with van der Waals surface area (Å²) in [6.45, 7) is 0. The highest BCUT2D eigenvalue weighted by molar-refractivity contribution is 7.32. The molecule has 0 radical (unpaired) electrons. The summed E-state index contributed by atoms with van der Waals surface area (Å²) in [5.74, 6) is 0. The van der Waals surface area contributed by atoms with Crippen molar-refractivity contribution in [3.63, 3.8) is 0 Å². The van der Waals surface area contributed by atoms with Gasteiger partial charge in [-0.2, -0.15) is 0 Å². The maximum Gasteiger partial charge on any atom is 0.219 e. The molecule has 4 nitrogen and oxygen atoms in total. The molecule has 0 aliphatic rings. The fraction of sp³-hybridized carbons (Fsp3) is 0. The van der Waals surface area contributed by atoms with E-state index in [4.69, 9.17) is 0 Å². The van der Waals surface area contributed by atoms with Crippen LogP contribution in [0.3, 0.4) is 0 Å². The molecule has 2 aromatic heterocycles. The van der Waals surface area contributed by atoms with Gasteiger partial charge in [0.15, 0.2) is 0 Å². The van der Waals surface area contributed by atoms with E-state index in [1.54, 1.807) is 0 Å². The number of nitrogens with one attached hydrogen (secondary N) is 2. The molecule has 72 valence electrons. The molecule has 0 saturated heterocycles. The van der Waals surface area contributed by atoms with Crippen LogP contribution in [0.4, 0.5) is 0 Å². The van der Waals surface area contributed by atoms with Crippen molar-refractivity contribution in [1.29, 1.82) is 0 Å². The first-order valence-corrected chi connectivity index (χ1v) is 6.81. The zero-order valence-corrected chi connectivity index (χ0v) is 9.72. The van der Waals surface area contributed by atoms with Crippen LogP contribution in [0.15, 0.2) is 9.59 Å². The van der Waals surface area contributed by atoms with Gasteiger partial charge in [0.05, 0.1) is 0 Å². The number of aromatic amines is 2. The van der Waals surface area contributed by atoms with Crippen LogP contribution < -0.4 is 10.9 Å². The number of H-pyrrole nitrogens is 2. The Bertz CT molecular complexity index is 617. The Morgan fingerprint density at radius 2 is 0.929 bits per heavy atom. The third-order valence-electron chi connectivity index (χ3n) is 1.81. The van der Waals surface area contributed by atoms with Crippen molar-refractivity contribution in [2.24, 2.45) is 0 Å². The van der Waals surface area contributed by atoms with Crippen LogP contribution in [-0.2, 0) is 0 Å². The Morgan fingerprint density at radius 1 is 0.643 bits per heavy atom. The van der Waals surface area contributed by atoms with Crippen LogP contribution in [0.25, 0.3) is 18.8 Å². The van der Waals surface area contributed by atoms with Gasteiger partial charge in [0.2, 0.25) is 10.9 Å². The standard InChI is InChI=1S/C6H2N2O2S4/c9-1-3-5(13-7-11-3)2(10)6-4(1)12-8-14-6/h7-8H. The van der Waals surface area contributed by atoms with Crippen molar-refractivity contribution < 1.29 is 0 Å². The Hall–Kier alpha value is -0.700. The second-order valence-corrected chi connectivity index (χ2v) is 6.33. The zero-order chi connectivity index (χ0) is 9.71. The largest absolute Gasteiger partial charge is 0.287 e. The normalized spacial score (nSPS) is 11.4. The van der Waals surface area contributed by atoms with Gasteiger partial charge >= 0.3 is 0 Å². The Labute approximate surface area is 92.7 Å². The van der Waals surface area contributed by atoms with Gasteiger partial charge in [-0.05, 0) is 46.1 Å². The van der Waals surface area contributed by atoms with Gasteiger partial charge in [-0.15, -0.1) is 0 Å². The minimum atomic E-state index is -0.0420. The van der Waals surface area contributed by atoms with E-state index in [9.17, 15) is 9.59 Å². The minimum Gasteiger partial charge on any atom is -0.287 e. The number of benzene rings is 1. The molecule has 14 heavy (non-hydrogen) atoms. The van der Waals surface area contributed by atoms with Crippen LogP contribution in [0.1, 0.15) is 0 Å². The minimum absolute atomic E-state index is 0.0420. The summed E-state index contributed by atoms with van der Waals surface area (Å²) in [6, 6.07) is 0. The number of rotatable bonds is 0. The average Bonchev–Trinajstić information content (AvgIpc) is 2.82. The van der Waals surface area contributed by atoms with Gasteiger partial charge in [-0.3, -0.25) is 17.1 Å². The molecule has 0 atom stereocenters. The van der Waals surface area contributed by atoms with Crippen molar-refractivity contribution in [3.8, 4) is 0 Å². The van der Waals surface area contributed by atoms with Crippen LogP contribution in [0.2, 0.25) is 0 Å². The van der Waals surface area contributed by atoms with Gasteiger partial charge in [0.1, 0.15) is 18.8 Å². The van der Waals surface area contributed by atoms with Crippen molar-refractivity contribution in [1.82, 2.24) is 7.53 Å². The molecule has 3 rings (SSSR count). The summed E-state index contributed by atoms with van der Waals surface area (Å²) in [5, 5.41) is 0. The molecule has 0 aliphatic heterocycles. The van der Waals surface area contributed by atoms with E-state index in [2.05, 4.69) is 7.53 Å². The van der Waals surface area contributed by atoms with E-state index in [1.807, 2.05) is 0 Å². The average molecular weight is 262 g/mol. The van der Waals surface area contributed by atoms with E-state index in [-0.39, 0.29) is 10.9 Å². The third kappa shape index (κ3) is 0.962. The van der Waals surface area contributed by atoms with E-state index in [0.29, 0.717) is 18.8 Å². The molecular formula is C6H2N2O2S4. The topological polar surface area (TPSA) is 65.7 Å². The zero-order valence-electron chi connectivity index (χ0n) is 6.45. The quantitative estimate of drug-likeness (QED) is 0.652. The first kappa shape index (κ1) is 8.60. The molecule has 0 saturated carbocycles. The molecule has 3 aromatic rings. The highest BCUT2D eigenvalue weighted by Crippen LogP contribution is 2.22. The summed E-state index contributed by atoms with van der Waals surface area (Å²) in [7, 11) is 0. The third-order valence-corrected chi connectivity index (χ3v) is 5.78. The van der Waals surface area contributed by atoms with Gasteiger partial charge < -0.3 is 0 Å². The summed E-state index contributed by atoms with van der Waals surface area (Å²) in [6.07, 6.45) is 0. The second-order valence-electron chi connectivity index (χ2n) is 2.55. The molecule has 8 heteroatoms. The lowest BCUT2D eigenvalue weighted by Gasteiger charge is -1.84. The smallest absolute Gasteiger partial charge is 0.219 e. The lowest BCUT2D eigenvalue weighted by atomic mass is 10.3. The molecular weight excluding hydrogens is 260 g/mol. The first-order valence-electron chi connectivity index (χ1n) is 3.54. The Kier molecular flexibility index (Phi) is 1.78. The highest BCUT2D eigenvalue weighted by atomic mass is 32.2. The fourth-order valence-corrected chi connectivity index (χ4v) is 5.01. The number of hydrogen-bond donors (Lipinski definition) is 2. The maximum absolute atomic E-state index is 11.8. The molecule has 0 aliphatic carbocycles. The van der Waals surface area contributed by atoms with Crippen LogP contribution in [0, 0.1) is 0 Å². The summed E-state index contributed by atoms with van der Waals surface area (Å²) >= 11 is 4.90. The summed E-state index contributed by atoms with van der Waals surface area (Å²) in [5.41, 5.74) is -0.0841. The first-order chi connectivity index (χ1) is 6.79. The molecule has 1 aromatic carbocycles. The molecule has 0 amide bonds. The van der Waals surface area contributed by atoms with E-state index >= 15 is 0 Å². The predicted molar refractivity (Wildman–Crippen MR) is 63.0 cm³/mol. The van der Waals surface area contributed by atoms with Gasteiger partial charge in [-0.25, -0.2) is 0 Å². The molecule has 2 N–H and O–H groups in total. The van der Waals surface area contributed by atoms with Crippen LogP contribution >= 0.6 is 46.1 Å². The van der Waals surface area contributed by atoms with Crippen molar-refractivity contribution in [2.45, 2.75) is 0 Å². The Balaban J connectivity index is 2.88. The lowest BCUT2D eigenvalue weighted by molar-refractivity contribution is 1.87. The van der Waals surface area contributed by atoms with Crippen LogP contribution in [-0.4, -0.2) is 7.53 Å². The molecule has 0 unspecified atom stereocenters. The van der Waals surface area contributed by atoms with E-state index in [1.165, 1.54) is 46.1 Å². The monoisotopic (exact) mass is 262 g/mol. The van der Waals surface area contributed by atoms with Crippen LogP contribution in [0.5, 0.6) is 0 Å². The maximum atomic E-state index is 11.8. The number of hydrogen-bond acceptors (Lipinski definition) is 6. The van der Waals surface area contributed by atoms with Crippen molar-refractivity contribution in [3.05, 3.63) is 20.4 Å². The molecule has 0 fully saturated rings. The van der Waals surface area contributed by atoms with Crippen molar-refractivity contribution in [2.75, 3.05) is 0 Å². The van der Waals surface area contributed by atoms with Gasteiger partial charge in [0, 0.05) is 0 Å². The number of fused-ring (bicyclic) bond motifs is 2. The summed E-state index contributed by atoms with van der Waals surface area (Å²) in [4.78, 5) is 23.6. The van der Waals surface area contributed by atoms with Gasteiger partial charge in [-0.1, -0.05) is 0 Å². The van der Waals surface area contributed by atoms with E-state index < -0.39 is 0 Å². The Morgan fingerprint density at radius 3 is 1.21 bits per heavy atom. The highest BCUT2D eigenvalue weighted by Gasteiger charge is 2.14. The lowest BCUT2D eigenvalue weighted by Crippen LogP contribution is -2.07. The molecule has 2 heterocycles. The predicted octanol–water partition coefficient (Wildman–Crippen LogP) is 2.18. The van der Waals surface area contributed by atoms with Crippen molar-refractivity contribution >= 4 is 64.9 Å². The molecule has 0 spiro atoms. The number of aromatic nitrogens is 2. The summed E-state index contributed by atoms with van der Waals surface area (Å²) < 4.78 is 7.88. The van der Waals surface area contributed by atoms with Gasteiger partial charge in [0.25, 0.3) is 0 Å². The molecule has 0 bridgehead atoms. The fourth-order valence-electron chi connectivity index (χ4n) is 1.20. The SMILES string of the molecule is O=c1c2s[nH]sc2c(=O)c2s[nH]sc12. The van der Waals surface area contributed by atoms with E-state index in [0.717, 1.165) is 0 Å².